The van der Waals surface area contributed by atoms with Gasteiger partial charge in [-0.25, -0.2) is 8.42 Å². The van der Waals surface area contributed by atoms with Gasteiger partial charge < -0.3 is 20.3 Å². The van der Waals surface area contributed by atoms with Crippen LogP contribution in [0.2, 0.25) is 0 Å². The van der Waals surface area contributed by atoms with Gasteiger partial charge in [-0.15, -0.1) is 0 Å². The number of benzene rings is 1. The Kier molecular flexibility index (Phi) is 8.33. The van der Waals surface area contributed by atoms with Gasteiger partial charge in [0.25, 0.3) is 0 Å². The Labute approximate surface area is 161 Å². The summed E-state index contributed by atoms with van der Waals surface area (Å²) < 4.78 is 32.2. The fourth-order valence-corrected chi connectivity index (χ4v) is 3.79. The Morgan fingerprint density at radius 2 is 1.89 bits per heavy atom. The highest BCUT2D eigenvalue weighted by Gasteiger charge is 2.16. The van der Waals surface area contributed by atoms with Gasteiger partial charge in [0.2, 0.25) is 15.9 Å². The molecule has 0 bridgehead atoms. The van der Waals surface area contributed by atoms with Crippen LogP contribution in [0.3, 0.4) is 0 Å². The molecule has 8 nitrogen and oxygen atoms in total. The molecule has 0 radical (unpaired) electrons. The first-order valence-electron chi connectivity index (χ1n) is 9.31. The van der Waals surface area contributed by atoms with E-state index < -0.39 is 21.7 Å². The predicted molar refractivity (Wildman–Crippen MR) is 107 cm³/mol. The number of carbonyl (C=O) groups is 1. The van der Waals surface area contributed by atoms with Crippen LogP contribution in [0.25, 0.3) is 0 Å². The quantitative estimate of drug-likeness (QED) is 0.500. The van der Waals surface area contributed by atoms with E-state index in [0.717, 1.165) is 39.1 Å². The number of hydrogen-bond donors (Lipinski definition) is 3. The van der Waals surface area contributed by atoms with Crippen LogP contribution in [0.15, 0.2) is 24.3 Å². The van der Waals surface area contributed by atoms with Gasteiger partial charge in [-0.3, -0.25) is 9.52 Å². The molecule has 0 unspecified atom stereocenters. The lowest BCUT2D eigenvalue weighted by molar-refractivity contribution is -0.118. The molecule has 1 fully saturated rings. The number of ether oxygens (including phenoxy) is 1. The molecule has 0 saturated carbocycles. The third kappa shape index (κ3) is 8.59. The number of rotatable bonds is 10. The molecule has 9 heteroatoms. The van der Waals surface area contributed by atoms with Crippen molar-refractivity contribution in [3.05, 3.63) is 24.3 Å². The maximum absolute atomic E-state index is 12.1. The van der Waals surface area contributed by atoms with E-state index in [4.69, 9.17) is 4.74 Å². The van der Waals surface area contributed by atoms with Crippen molar-refractivity contribution in [2.75, 3.05) is 49.7 Å². The zero-order valence-corrected chi connectivity index (χ0v) is 16.8. The van der Waals surface area contributed by atoms with Crippen LogP contribution < -0.4 is 20.1 Å². The van der Waals surface area contributed by atoms with Crippen molar-refractivity contribution in [2.24, 2.45) is 0 Å². The Morgan fingerprint density at radius 1 is 1.22 bits per heavy atom. The maximum Gasteiger partial charge on any atom is 0.241 e. The lowest BCUT2D eigenvalue weighted by Crippen LogP contribution is -2.44. The standard InChI is InChI=1S/C18H30N4O4S/c1-15(2)26-17-6-4-16(5-7-17)21-27(24,25)14-18(23)20-8-3-11-22-12-9-19-10-13-22/h4-7,15,19,21H,3,8-14H2,1-2H3,(H,20,23). The summed E-state index contributed by atoms with van der Waals surface area (Å²) in [5.41, 5.74) is 0.401. The average molecular weight is 399 g/mol. The van der Waals surface area contributed by atoms with E-state index in [1.165, 1.54) is 0 Å². The molecular formula is C18H30N4O4S. The molecule has 1 aromatic rings. The smallest absolute Gasteiger partial charge is 0.241 e. The molecule has 2 rings (SSSR count). The molecule has 1 aromatic carbocycles. The van der Waals surface area contributed by atoms with Crippen molar-refractivity contribution in [3.63, 3.8) is 0 Å². The summed E-state index contributed by atoms with van der Waals surface area (Å²) in [7, 11) is -3.75. The summed E-state index contributed by atoms with van der Waals surface area (Å²) in [6, 6.07) is 6.60. The third-order valence-electron chi connectivity index (χ3n) is 4.00. The first kappa shape index (κ1) is 21.5. The fourth-order valence-electron chi connectivity index (χ4n) is 2.78. The minimum absolute atomic E-state index is 0.0443. The number of hydrogen-bond acceptors (Lipinski definition) is 6. The normalized spacial score (nSPS) is 15.5. The van der Waals surface area contributed by atoms with Crippen LogP contribution in [-0.4, -0.2) is 70.4 Å². The summed E-state index contributed by atoms with van der Waals surface area (Å²) in [5.74, 6) is -0.428. The minimum atomic E-state index is -3.75. The number of nitrogens with zero attached hydrogens (tertiary/aromatic N) is 1. The van der Waals surface area contributed by atoms with E-state index in [1.54, 1.807) is 24.3 Å². The van der Waals surface area contributed by atoms with Crippen LogP contribution in [0, 0.1) is 0 Å². The summed E-state index contributed by atoms with van der Waals surface area (Å²) in [6.07, 6.45) is 0.846. The third-order valence-corrected chi connectivity index (χ3v) is 5.19. The monoisotopic (exact) mass is 398 g/mol. The molecule has 1 heterocycles. The Morgan fingerprint density at radius 3 is 2.52 bits per heavy atom. The summed E-state index contributed by atoms with van der Waals surface area (Å²) >= 11 is 0. The molecule has 1 amide bonds. The van der Waals surface area contributed by atoms with Gasteiger partial charge in [0.15, 0.2) is 0 Å². The van der Waals surface area contributed by atoms with Crippen molar-refractivity contribution in [1.82, 2.24) is 15.5 Å². The van der Waals surface area contributed by atoms with Gasteiger partial charge in [0, 0.05) is 38.4 Å². The molecule has 1 aliphatic heterocycles. The predicted octanol–water partition coefficient (Wildman–Crippen LogP) is 0.627. The summed E-state index contributed by atoms with van der Waals surface area (Å²) in [4.78, 5) is 14.2. The SMILES string of the molecule is CC(C)Oc1ccc(NS(=O)(=O)CC(=O)NCCCN2CCNCC2)cc1. The summed E-state index contributed by atoms with van der Waals surface area (Å²) in [6.45, 7) is 9.19. The number of carbonyl (C=O) groups excluding carboxylic acids is 1. The zero-order valence-electron chi connectivity index (χ0n) is 16.0. The van der Waals surface area contributed by atoms with Crippen LogP contribution >= 0.6 is 0 Å². The highest BCUT2D eigenvalue weighted by atomic mass is 32.2. The van der Waals surface area contributed by atoms with E-state index in [-0.39, 0.29) is 6.10 Å². The first-order chi connectivity index (χ1) is 12.8. The molecular weight excluding hydrogens is 368 g/mol. The molecule has 0 spiro atoms. The summed E-state index contributed by atoms with van der Waals surface area (Å²) in [5, 5.41) is 5.96. The first-order valence-corrected chi connectivity index (χ1v) is 11.0. The van der Waals surface area contributed by atoms with E-state index in [9.17, 15) is 13.2 Å². The number of amides is 1. The van der Waals surface area contributed by atoms with Crippen molar-refractivity contribution >= 4 is 21.6 Å². The van der Waals surface area contributed by atoms with Gasteiger partial charge in [-0.05, 0) is 51.1 Å². The number of nitrogens with one attached hydrogen (secondary N) is 3. The fraction of sp³-hybridized carbons (Fsp3) is 0.611. The van der Waals surface area contributed by atoms with Crippen molar-refractivity contribution in [2.45, 2.75) is 26.4 Å². The number of anilines is 1. The Bertz CT molecular complexity index is 686. The topological polar surface area (TPSA) is 99.8 Å². The molecule has 0 aromatic heterocycles. The molecule has 27 heavy (non-hydrogen) atoms. The van der Waals surface area contributed by atoms with Gasteiger partial charge in [0.05, 0.1) is 6.10 Å². The van der Waals surface area contributed by atoms with Crippen molar-refractivity contribution in [1.29, 1.82) is 0 Å². The molecule has 0 aliphatic carbocycles. The minimum Gasteiger partial charge on any atom is -0.491 e. The Balaban J connectivity index is 1.70. The average Bonchev–Trinajstić information content (AvgIpc) is 2.60. The van der Waals surface area contributed by atoms with E-state index in [1.807, 2.05) is 13.8 Å². The van der Waals surface area contributed by atoms with Crippen molar-refractivity contribution < 1.29 is 17.9 Å². The van der Waals surface area contributed by atoms with Crippen LogP contribution in [0.1, 0.15) is 20.3 Å². The lowest BCUT2D eigenvalue weighted by atomic mass is 10.3. The highest BCUT2D eigenvalue weighted by Crippen LogP contribution is 2.17. The van der Waals surface area contributed by atoms with Crippen molar-refractivity contribution in [3.8, 4) is 5.75 Å². The second-order valence-electron chi connectivity index (χ2n) is 6.85. The van der Waals surface area contributed by atoms with Crippen LogP contribution in [-0.2, 0) is 14.8 Å². The lowest BCUT2D eigenvalue weighted by Gasteiger charge is -2.27. The molecule has 1 saturated heterocycles. The second-order valence-corrected chi connectivity index (χ2v) is 8.57. The number of piperazine rings is 1. The van der Waals surface area contributed by atoms with Gasteiger partial charge in [0.1, 0.15) is 11.5 Å². The Hall–Kier alpha value is -1.84. The highest BCUT2D eigenvalue weighted by molar-refractivity contribution is 7.93. The molecule has 152 valence electrons. The van der Waals surface area contributed by atoms with Gasteiger partial charge >= 0.3 is 0 Å². The van der Waals surface area contributed by atoms with E-state index >= 15 is 0 Å². The van der Waals surface area contributed by atoms with Crippen LogP contribution in [0.4, 0.5) is 5.69 Å². The molecule has 0 atom stereocenters. The maximum atomic E-state index is 12.1. The van der Waals surface area contributed by atoms with E-state index in [2.05, 4.69) is 20.3 Å². The van der Waals surface area contributed by atoms with Crippen LogP contribution in [0.5, 0.6) is 5.75 Å². The molecule has 3 N–H and O–H groups in total. The largest absolute Gasteiger partial charge is 0.491 e. The second kappa shape index (κ2) is 10.5. The van der Waals surface area contributed by atoms with Gasteiger partial charge in [-0.1, -0.05) is 0 Å². The molecule has 1 aliphatic rings. The van der Waals surface area contributed by atoms with Gasteiger partial charge in [-0.2, -0.15) is 0 Å². The number of sulfonamides is 1. The zero-order chi connectivity index (χ0) is 19.7. The van der Waals surface area contributed by atoms with E-state index in [0.29, 0.717) is 18.0 Å².